The summed E-state index contributed by atoms with van der Waals surface area (Å²) in [7, 11) is 0. The van der Waals surface area contributed by atoms with Crippen LogP contribution in [0.3, 0.4) is 0 Å². The topological polar surface area (TPSA) is 59.7 Å². The number of nitrogens with one attached hydrogen (secondary N) is 2. The lowest BCUT2D eigenvalue weighted by molar-refractivity contribution is 0.561. The van der Waals surface area contributed by atoms with Gasteiger partial charge >= 0.3 is 0 Å². The van der Waals surface area contributed by atoms with E-state index >= 15 is 0 Å². The van der Waals surface area contributed by atoms with E-state index in [9.17, 15) is 0 Å². The fourth-order valence-corrected chi connectivity index (χ4v) is 2.74. The lowest BCUT2D eigenvalue weighted by Gasteiger charge is -2.09. The van der Waals surface area contributed by atoms with Crippen LogP contribution in [0.4, 0.5) is 5.69 Å². The highest BCUT2D eigenvalue weighted by atomic mass is 32.1. The van der Waals surface area contributed by atoms with Crippen molar-refractivity contribution in [1.29, 1.82) is 0 Å². The van der Waals surface area contributed by atoms with Crippen LogP contribution in [0, 0.1) is 6.92 Å². The summed E-state index contributed by atoms with van der Waals surface area (Å²) in [4.78, 5) is 0. The Morgan fingerprint density at radius 2 is 2.00 bits per heavy atom. The minimum Gasteiger partial charge on any atom is -0.362 e. The fraction of sp³-hybridized carbons (Fsp3) is 0.278. The van der Waals surface area contributed by atoms with Crippen molar-refractivity contribution >= 4 is 23.0 Å². The van der Waals surface area contributed by atoms with Gasteiger partial charge in [0.25, 0.3) is 0 Å². The van der Waals surface area contributed by atoms with Crippen molar-refractivity contribution in [3.05, 3.63) is 66.2 Å². The summed E-state index contributed by atoms with van der Waals surface area (Å²) in [6, 6.07) is 12.2. The zero-order valence-corrected chi connectivity index (χ0v) is 15.0. The normalized spacial score (nSPS) is 10.6. The van der Waals surface area contributed by atoms with E-state index in [4.69, 9.17) is 12.2 Å². The monoisotopic (exact) mass is 354 g/mol. The molecule has 0 unspecified atom stereocenters. The molecule has 2 N–H and O–H groups in total. The van der Waals surface area contributed by atoms with Gasteiger partial charge in [-0.1, -0.05) is 30.3 Å². The average molecular weight is 354 g/mol. The zero-order valence-electron chi connectivity index (χ0n) is 14.2. The van der Waals surface area contributed by atoms with Gasteiger partial charge in [0, 0.05) is 31.2 Å². The number of hydrogen-bond acceptors (Lipinski definition) is 3. The molecular formula is C18H22N6S. The first-order valence-electron chi connectivity index (χ1n) is 8.30. The van der Waals surface area contributed by atoms with Crippen LogP contribution < -0.4 is 10.6 Å². The first-order chi connectivity index (χ1) is 12.2. The maximum absolute atomic E-state index is 5.33. The molecule has 0 saturated heterocycles. The second-order valence-electron chi connectivity index (χ2n) is 5.84. The van der Waals surface area contributed by atoms with Crippen molar-refractivity contribution in [2.45, 2.75) is 26.4 Å². The lowest BCUT2D eigenvalue weighted by Crippen LogP contribution is -2.29. The first kappa shape index (κ1) is 17.2. The molecule has 7 heteroatoms. The van der Waals surface area contributed by atoms with Gasteiger partial charge in [-0.05, 0) is 37.2 Å². The number of anilines is 1. The predicted octanol–water partition coefficient (Wildman–Crippen LogP) is 2.81. The first-order valence-corrected chi connectivity index (χ1v) is 8.71. The number of benzene rings is 1. The fourth-order valence-electron chi connectivity index (χ4n) is 2.52. The molecule has 0 bridgehead atoms. The molecule has 0 aliphatic rings. The van der Waals surface area contributed by atoms with Gasteiger partial charge in [0.15, 0.2) is 5.11 Å². The minimum absolute atomic E-state index is 0.608. The third-order valence-electron chi connectivity index (χ3n) is 3.84. The molecule has 25 heavy (non-hydrogen) atoms. The van der Waals surface area contributed by atoms with E-state index in [0.717, 1.165) is 31.7 Å². The van der Waals surface area contributed by atoms with Gasteiger partial charge in [0.05, 0.1) is 18.4 Å². The van der Waals surface area contributed by atoms with Crippen LogP contribution in [-0.4, -0.2) is 31.2 Å². The molecule has 0 aliphatic carbocycles. The molecule has 2 heterocycles. The van der Waals surface area contributed by atoms with E-state index in [1.54, 1.807) is 6.20 Å². The molecule has 130 valence electrons. The predicted molar refractivity (Wildman–Crippen MR) is 104 cm³/mol. The van der Waals surface area contributed by atoms with E-state index in [1.807, 2.05) is 46.0 Å². The second kappa shape index (κ2) is 8.43. The summed E-state index contributed by atoms with van der Waals surface area (Å²) in [5.74, 6) is 0. The molecule has 6 nitrogen and oxygen atoms in total. The van der Waals surface area contributed by atoms with Gasteiger partial charge in [0.2, 0.25) is 0 Å². The summed E-state index contributed by atoms with van der Waals surface area (Å²) >= 11 is 5.33. The van der Waals surface area contributed by atoms with Gasteiger partial charge in [-0.15, -0.1) is 0 Å². The number of aromatic nitrogens is 4. The smallest absolute Gasteiger partial charge is 0.170 e. The molecule has 3 aromatic rings. The Morgan fingerprint density at radius 1 is 1.16 bits per heavy atom. The molecule has 0 aliphatic heterocycles. The Kier molecular flexibility index (Phi) is 5.79. The Morgan fingerprint density at radius 3 is 2.76 bits per heavy atom. The van der Waals surface area contributed by atoms with Crippen LogP contribution in [0.15, 0.2) is 55.0 Å². The van der Waals surface area contributed by atoms with Crippen LogP contribution in [0.1, 0.15) is 17.7 Å². The molecule has 0 fully saturated rings. The minimum atomic E-state index is 0.608. The van der Waals surface area contributed by atoms with Gasteiger partial charge in [-0.3, -0.25) is 9.36 Å². The molecule has 0 saturated carbocycles. The number of nitrogens with zero attached hydrogens (tertiary/aromatic N) is 4. The van der Waals surface area contributed by atoms with E-state index in [1.165, 1.54) is 11.3 Å². The highest BCUT2D eigenvalue weighted by Gasteiger charge is 2.02. The van der Waals surface area contributed by atoms with Crippen LogP contribution in [0.5, 0.6) is 0 Å². The summed E-state index contributed by atoms with van der Waals surface area (Å²) in [5, 5.41) is 15.6. The van der Waals surface area contributed by atoms with Crippen molar-refractivity contribution in [3.63, 3.8) is 0 Å². The summed E-state index contributed by atoms with van der Waals surface area (Å²) in [6.45, 7) is 4.47. The van der Waals surface area contributed by atoms with Crippen molar-refractivity contribution < 1.29 is 0 Å². The molecule has 1 aromatic carbocycles. The van der Waals surface area contributed by atoms with E-state index in [2.05, 4.69) is 39.9 Å². The Bertz CT molecular complexity index is 808. The van der Waals surface area contributed by atoms with Crippen LogP contribution in [-0.2, 0) is 13.1 Å². The van der Waals surface area contributed by atoms with E-state index in [0.29, 0.717) is 5.11 Å². The second-order valence-corrected chi connectivity index (χ2v) is 6.25. The molecule has 3 rings (SSSR count). The Balaban J connectivity index is 1.40. The standard InChI is InChI=1S/C18H22N6S/c1-15-8-10-20-24(15)11-5-9-19-18(25)22-17-12-21-23(14-17)13-16-6-3-2-4-7-16/h2-4,6-8,10,12,14H,5,9,11,13H2,1H3,(H2,19,22,25). The Hall–Kier alpha value is -2.67. The van der Waals surface area contributed by atoms with Crippen LogP contribution >= 0.6 is 12.2 Å². The van der Waals surface area contributed by atoms with Crippen molar-refractivity contribution in [1.82, 2.24) is 24.9 Å². The lowest BCUT2D eigenvalue weighted by atomic mass is 10.2. The summed E-state index contributed by atoms with van der Waals surface area (Å²) in [6.07, 6.45) is 6.51. The molecule has 0 amide bonds. The number of hydrogen-bond donors (Lipinski definition) is 2. The summed E-state index contributed by atoms with van der Waals surface area (Å²) < 4.78 is 3.88. The number of thiocarbonyl (C=S) groups is 1. The van der Waals surface area contributed by atoms with E-state index in [-0.39, 0.29) is 0 Å². The summed E-state index contributed by atoms with van der Waals surface area (Å²) in [5.41, 5.74) is 3.27. The highest BCUT2D eigenvalue weighted by Crippen LogP contribution is 2.08. The molecule has 0 spiro atoms. The van der Waals surface area contributed by atoms with Gasteiger partial charge in [-0.25, -0.2) is 0 Å². The molecule has 0 radical (unpaired) electrons. The van der Waals surface area contributed by atoms with Crippen molar-refractivity contribution in [3.8, 4) is 0 Å². The molecule has 2 aromatic heterocycles. The van der Waals surface area contributed by atoms with Crippen LogP contribution in [0.2, 0.25) is 0 Å². The quantitative estimate of drug-likeness (QED) is 0.505. The molecule has 0 atom stereocenters. The maximum atomic E-state index is 5.33. The third-order valence-corrected chi connectivity index (χ3v) is 4.09. The van der Waals surface area contributed by atoms with E-state index < -0.39 is 0 Å². The number of aryl methyl sites for hydroxylation is 2. The van der Waals surface area contributed by atoms with Gasteiger partial charge in [-0.2, -0.15) is 10.2 Å². The highest BCUT2D eigenvalue weighted by molar-refractivity contribution is 7.80. The average Bonchev–Trinajstić information content (AvgIpc) is 3.22. The van der Waals surface area contributed by atoms with Gasteiger partial charge < -0.3 is 10.6 Å². The number of rotatable bonds is 7. The Labute approximate surface area is 152 Å². The van der Waals surface area contributed by atoms with Crippen molar-refractivity contribution in [2.75, 3.05) is 11.9 Å². The largest absolute Gasteiger partial charge is 0.362 e. The molecular weight excluding hydrogens is 332 g/mol. The maximum Gasteiger partial charge on any atom is 0.170 e. The SMILES string of the molecule is Cc1ccnn1CCCNC(=S)Nc1cnn(Cc2ccccc2)c1. The third kappa shape index (κ3) is 5.15. The van der Waals surface area contributed by atoms with Crippen molar-refractivity contribution in [2.24, 2.45) is 0 Å². The van der Waals surface area contributed by atoms with Crippen LogP contribution in [0.25, 0.3) is 0 Å². The zero-order chi connectivity index (χ0) is 17.5. The van der Waals surface area contributed by atoms with Gasteiger partial charge in [0.1, 0.15) is 0 Å².